The number of piperidine rings is 1. The summed E-state index contributed by atoms with van der Waals surface area (Å²) in [6, 6.07) is 0.537. The summed E-state index contributed by atoms with van der Waals surface area (Å²) in [5.41, 5.74) is 0.456. The van der Waals surface area contributed by atoms with Crippen molar-refractivity contribution in [3.05, 3.63) is 0 Å². The van der Waals surface area contributed by atoms with Crippen LogP contribution in [0.25, 0.3) is 0 Å². The molecule has 1 heterocycles. The molecule has 5 nitrogen and oxygen atoms in total. The third-order valence-electron chi connectivity index (χ3n) is 5.50. The maximum absolute atomic E-state index is 5.66. The van der Waals surface area contributed by atoms with Crippen LogP contribution in [-0.2, 0) is 4.74 Å². The highest BCUT2D eigenvalue weighted by Gasteiger charge is 2.29. The van der Waals surface area contributed by atoms with E-state index < -0.39 is 0 Å². The molecule has 5 heteroatoms. The van der Waals surface area contributed by atoms with Gasteiger partial charge in [-0.25, -0.2) is 0 Å². The quantitative estimate of drug-likeness (QED) is 0.553. The molecule has 1 saturated carbocycles. The third kappa shape index (κ3) is 6.60. The predicted molar refractivity (Wildman–Crippen MR) is 102 cm³/mol. The molecule has 0 radical (unpaired) electrons. The number of guanidine groups is 1. The Bertz CT molecular complexity index is 383. The lowest BCUT2D eigenvalue weighted by atomic mass is 9.89. The predicted octanol–water partition coefficient (Wildman–Crippen LogP) is 2.62. The molecule has 1 saturated heterocycles. The van der Waals surface area contributed by atoms with Gasteiger partial charge in [0, 0.05) is 39.3 Å². The highest BCUT2D eigenvalue weighted by atomic mass is 16.5. The van der Waals surface area contributed by atoms with Gasteiger partial charge in [0.1, 0.15) is 0 Å². The van der Waals surface area contributed by atoms with Gasteiger partial charge in [-0.1, -0.05) is 19.8 Å². The van der Waals surface area contributed by atoms with Gasteiger partial charge >= 0.3 is 0 Å². The van der Waals surface area contributed by atoms with E-state index in [9.17, 15) is 0 Å². The number of ether oxygens (including phenoxy) is 1. The van der Waals surface area contributed by atoms with Crippen molar-refractivity contribution in [1.29, 1.82) is 0 Å². The molecule has 2 aliphatic rings. The van der Waals surface area contributed by atoms with Crippen LogP contribution in [0.5, 0.6) is 0 Å². The van der Waals surface area contributed by atoms with Gasteiger partial charge in [0.2, 0.25) is 0 Å². The van der Waals surface area contributed by atoms with Gasteiger partial charge < -0.3 is 20.3 Å². The smallest absolute Gasteiger partial charge is 0.191 e. The van der Waals surface area contributed by atoms with Crippen LogP contribution >= 0.6 is 0 Å². The molecule has 0 aromatic carbocycles. The van der Waals surface area contributed by atoms with Crippen LogP contribution in [0.15, 0.2) is 4.99 Å². The fourth-order valence-electron chi connectivity index (χ4n) is 3.81. The molecule has 2 rings (SSSR count). The van der Waals surface area contributed by atoms with Crippen molar-refractivity contribution in [2.45, 2.75) is 71.4 Å². The van der Waals surface area contributed by atoms with E-state index in [1.54, 1.807) is 0 Å². The van der Waals surface area contributed by atoms with Gasteiger partial charge in [-0.05, 0) is 44.9 Å². The molecule has 0 unspecified atom stereocenters. The highest BCUT2D eigenvalue weighted by molar-refractivity contribution is 5.80. The summed E-state index contributed by atoms with van der Waals surface area (Å²) in [4.78, 5) is 6.93. The fourth-order valence-corrected chi connectivity index (χ4v) is 3.81. The fraction of sp³-hybridized carbons (Fsp3) is 0.947. The Morgan fingerprint density at radius 1 is 1.25 bits per heavy atom. The number of hydrogen-bond donors (Lipinski definition) is 2. The third-order valence-corrected chi connectivity index (χ3v) is 5.50. The Kier molecular flexibility index (Phi) is 7.82. The summed E-state index contributed by atoms with van der Waals surface area (Å²) in [5, 5.41) is 7.19. The van der Waals surface area contributed by atoms with Crippen LogP contribution in [-0.4, -0.2) is 62.8 Å². The van der Waals surface area contributed by atoms with Gasteiger partial charge in [0.25, 0.3) is 0 Å². The second-order valence-electron chi connectivity index (χ2n) is 8.12. The Balaban J connectivity index is 1.64. The van der Waals surface area contributed by atoms with Crippen molar-refractivity contribution >= 4 is 5.96 Å². The van der Waals surface area contributed by atoms with Crippen molar-refractivity contribution < 1.29 is 4.74 Å². The van der Waals surface area contributed by atoms with E-state index in [2.05, 4.69) is 41.3 Å². The largest absolute Gasteiger partial charge is 0.377 e. The number of likely N-dealkylation sites (tertiary alicyclic amines) is 1. The maximum atomic E-state index is 5.66. The van der Waals surface area contributed by atoms with Crippen LogP contribution < -0.4 is 10.6 Å². The van der Waals surface area contributed by atoms with Gasteiger partial charge in [-0.3, -0.25) is 4.99 Å². The van der Waals surface area contributed by atoms with Crippen molar-refractivity contribution in [2.24, 2.45) is 10.4 Å². The molecule has 24 heavy (non-hydrogen) atoms. The van der Waals surface area contributed by atoms with E-state index in [4.69, 9.17) is 4.74 Å². The molecule has 0 atom stereocenters. The van der Waals surface area contributed by atoms with Crippen LogP contribution in [0.3, 0.4) is 0 Å². The van der Waals surface area contributed by atoms with Crippen LogP contribution in [0.1, 0.15) is 59.3 Å². The average Bonchev–Trinajstić information content (AvgIpc) is 2.99. The first-order chi connectivity index (χ1) is 11.5. The molecule has 0 spiro atoms. The molecule has 2 N–H and O–H groups in total. The van der Waals surface area contributed by atoms with E-state index >= 15 is 0 Å². The zero-order valence-electron chi connectivity index (χ0n) is 16.2. The first-order valence-electron chi connectivity index (χ1n) is 9.82. The molecule has 1 aliphatic carbocycles. The summed E-state index contributed by atoms with van der Waals surface area (Å²) in [5.74, 6) is 0.977. The van der Waals surface area contributed by atoms with E-state index in [0.29, 0.717) is 17.6 Å². The zero-order valence-corrected chi connectivity index (χ0v) is 16.2. The van der Waals surface area contributed by atoms with Gasteiger partial charge in [0.05, 0.1) is 12.7 Å². The van der Waals surface area contributed by atoms with Gasteiger partial charge in [-0.15, -0.1) is 0 Å². The normalized spacial score (nSPS) is 23.0. The number of nitrogens with zero attached hydrogens (tertiary/aromatic N) is 2. The monoisotopic (exact) mass is 338 g/mol. The molecule has 2 fully saturated rings. The Hall–Kier alpha value is -0.810. The lowest BCUT2D eigenvalue weighted by molar-refractivity contribution is 0.0532. The van der Waals surface area contributed by atoms with Crippen molar-refractivity contribution in [3.63, 3.8) is 0 Å². The second kappa shape index (κ2) is 9.62. The van der Waals surface area contributed by atoms with Gasteiger partial charge in [0.15, 0.2) is 5.96 Å². The highest BCUT2D eigenvalue weighted by Crippen LogP contribution is 2.36. The average molecular weight is 339 g/mol. The van der Waals surface area contributed by atoms with E-state index in [0.717, 1.165) is 38.7 Å². The number of aliphatic imine (C=N–C) groups is 1. The molecular weight excluding hydrogens is 300 g/mol. The summed E-state index contributed by atoms with van der Waals surface area (Å²) in [7, 11) is 1.88. The van der Waals surface area contributed by atoms with Crippen molar-refractivity contribution in [1.82, 2.24) is 15.5 Å². The minimum Gasteiger partial charge on any atom is -0.377 e. The summed E-state index contributed by atoms with van der Waals surface area (Å²) < 4.78 is 5.66. The lowest BCUT2D eigenvalue weighted by Crippen LogP contribution is -2.50. The summed E-state index contributed by atoms with van der Waals surface area (Å²) >= 11 is 0. The first-order valence-corrected chi connectivity index (χ1v) is 9.82. The molecule has 0 amide bonds. The van der Waals surface area contributed by atoms with Crippen molar-refractivity contribution in [3.8, 4) is 0 Å². The molecular formula is C19H38N4O. The maximum Gasteiger partial charge on any atom is 0.191 e. The number of rotatable bonds is 7. The first kappa shape index (κ1) is 19.5. The minimum absolute atomic E-state index is 0.334. The summed E-state index contributed by atoms with van der Waals surface area (Å²) in [6.07, 6.45) is 8.13. The number of hydrogen-bond acceptors (Lipinski definition) is 3. The Morgan fingerprint density at radius 3 is 2.50 bits per heavy atom. The Morgan fingerprint density at radius 2 is 1.92 bits per heavy atom. The standard InChI is InChI=1S/C19H38N4O/c1-16(2)24-14-13-23-11-7-17(8-12-23)22-18(20-4)21-15-19(3)9-5-6-10-19/h16-17H,5-15H2,1-4H3,(H2,20,21,22). The molecule has 1 aliphatic heterocycles. The molecule has 140 valence electrons. The SMILES string of the molecule is CN=C(NCC1(C)CCCC1)NC1CCN(CCOC(C)C)CC1. The van der Waals surface area contributed by atoms with E-state index in [-0.39, 0.29) is 0 Å². The van der Waals surface area contributed by atoms with Crippen molar-refractivity contribution in [2.75, 3.05) is 39.8 Å². The second-order valence-corrected chi connectivity index (χ2v) is 8.12. The minimum atomic E-state index is 0.334. The van der Waals surface area contributed by atoms with E-state index in [1.807, 2.05) is 7.05 Å². The topological polar surface area (TPSA) is 48.9 Å². The summed E-state index contributed by atoms with van der Waals surface area (Å²) in [6.45, 7) is 11.8. The van der Waals surface area contributed by atoms with Crippen LogP contribution in [0, 0.1) is 5.41 Å². The number of nitrogens with one attached hydrogen (secondary N) is 2. The zero-order chi connectivity index (χ0) is 17.4. The van der Waals surface area contributed by atoms with Crippen LogP contribution in [0.4, 0.5) is 0 Å². The van der Waals surface area contributed by atoms with Crippen LogP contribution in [0.2, 0.25) is 0 Å². The van der Waals surface area contributed by atoms with Gasteiger partial charge in [-0.2, -0.15) is 0 Å². The molecule has 0 aromatic rings. The Labute approximate surface area is 148 Å². The molecule has 0 bridgehead atoms. The lowest BCUT2D eigenvalue weighted by Gasteiger charge is -2.33. The van der Waals surface area contributed by atoms with E-state index in [1.165, 1.54) is 38.5 Å². The molecule has 0 aromatic heterocycles.